The van der Waals surface area contributed by atoms with Crippen molar-refractivity contribution in [1.29, 1.82) is 0 Å². The van der Waals surface area contributed by atoms with Crippen LogP contribution in [0, 0.1) is 11.7 Å². The largest absolute Gasteiger partial charge is 0.497 e. The molecule has 0 N–H and O–H groups in total. The van der Waals surface area contributed by atoms with E-state index >= 15 is 0 Å². The zero-order valence-corrected chi connectivity index (χ0v) is 15.6. The van der Waals surface area contributed by atoms with E-state index < -0.39 is 23.4 Å². The van der Waals surface area contributed by atoms with Crippen LogP contribution in [0.2, 0.25) is 0 Å². The number of Topliss-reactive ketones (excluding diaryl/α,β-unsaturated/α-hetero) is 1. The van der Waals surface area contributed by atoms with Crippen LogP contribution in [-0.4, -0.2) is 24.5 Å². The number of hydrazone groups is 1. The molecule has 0 unspecified atom stereocenters. The molecule has 3 aromatic carbocycles. The van der Waals surface area contributed by atoms with Gasteiger partial charge < -0.3 is 4.74 Å². The van der Waals surface area contributed by atoms with Crippen LogP contribution >= 0.6 is 0 Å². The van der Waals surface area contributed by atoms with E-state index in [9.17, 15) is 14.0 Å². The first-order chi connectivity index (χ1) is 14.1. The number of ketones is 1. The third-order valence-corrected chi connectivity index (χ3v) is 4.70. The number of amides is 1. The summed E-state index contributed by atoms with van der Waals surface area (Å²) in [6.45, 7) is 0. The summed E-state index contributed by atoms with van der Waals surface area (Å²) < 4.78 is 19.5. The van der Waals surface area contributed by atoms with Gasteiger partial charge in [0, 0.05) is 5.56 Å². The molecule has 0 fully saturated rings. The molecular formula is C23H17FN2O3. The van der Waals surface area contributed by atoms with Gasteiger partial charge in [0.25, 0.3) is 5.91 Å². The van der Waals surface area contributed by atoms with E-state index in [1.165, 1.54) is 30.3 Å². The fraction of sp³-hybridized carbons (Fsp3) is 0.0870. The summed E-state index contributed by atoms with van der Waals surface area (Å²) in [5, 5.41) is 5.64. The molecule has 0 bridgehead atoms. The highest BCUT2D eigenvalue weighted by atomic mass is 19.1. The lowest BCUT2D eigenvalue weighted by Crippen LogP contribution is -2.34. The monoisotopic (exact) mass is 388 g/mol. The Balaban J connectivity index is 1.83. The van der Waals surface area contributed by atoms with Crippen LogP contribution < -0.4 is 9.75 Å². The molecule has 0 aromatic heterocycles. The third-order valence-electron chi connectivity index (χ3n) is 4.70. The number of carbonyl (C=O) groups excluding carboxylic acids is 2. The highest BCUT2D eigenvalue weighted by Crippen LogP contribution is 2.30. The van der Waals surface area contributed by atoms with E-state index in [0.29, 0.717) is 17.0 Å². The van der Waals surface area contributed by atoms with Crippen LogP contribution in [0.25, 0.3) is 0 Å². The van der Waals surface area contributed by atoms with Gasteiger partial charge >= 0.3 is 0 Å². The van der Waals surface area contributed by atoms with Crippen molar-refractivity contribution in [1.82, 2.24) is 0 Å². The number of methoxy groups -OCH3 is 1. The zero-order valence-electron chi connectivity index (χ0n) is 15.6. The predicted molar refractivity (Wildman–Crippen MR) is 108 cm³/mol. The molecule has 6 heteroatoms. The van der Waals surface area contributed by atoms with Crippen LogP contribution in [0.5, 0.6) is 5.75 Å². The molecule has 0 aliphatic carbocycles. The third kappa shape index (κ3) is 3.40. The van der Waals surface area contributed by atoms with Gasteiger partial charge in [0.15, 0.2) is 5.78 Å². The normalized spacial score (nSPS) is 15.9. The van der Waals surface area contributed by atoms with Crippen molar-refractivity contribution in [2.75, 3.05) is 12.1 Å². The van der Waals surface area contributed by atoms with Crippen molar-refractivity contribution in [3.63, 3.8) is 0 Å². The maximum absolute atomic E-state index is 14.3. The van der Waals surface area contributed by atoms with Crippen molar-refractivity contribution in [3.05, 3.63) is 95.8 Å². The second-order valence-corrected chi connectivity index (χ2v) is 6.48. The number of ether oxygens (including phenoxy) is 1. The SMILES string of the molecule is COc1cccc(C2=NN(c3ccccc3)C(=O)[C@@H]2C(=O)c2ccccc2F)c1. The Morgan fingerprint density at radius 2 is 1.72 bits per heavy atom. The molecular weight excluding hydrogens is 371 g/mol. The average Bonchev–Trinajstić information content (AvgIpc) is 3.11. The van der Waals surface area contributed by atoms with Crippen molar-refractivity contribution in [2.24, 2.45) is 11.0 Å². The van der Waals surface area contributed by atoms with Gasteiger partial charge in [-0.1, -0.05) is 42.5 Å². The average molecular weight is 388 g/mol. The smallest absolute Gasteiger partial charge is 0.264 e. The lowest BCUT2D eigenvalue weighted by Gasteiger charge is -2.14. The van der Waals surface area contributed by atoms with Gasteiger partial charge in [-0.2, -0.15) is 10.1 Å². The van der Waals surface area contributed by atoms with Gasteiger partial charge in [-0.25, -0.2) is 4.39 Å². The minimum atomic E-state index is -1.25. The highest BCUT2D eigenvalue weighted by molar-refractivity contribution is 6.34. The molecule has 4 rings (SSSR count). The summed E-state index contributed by atoms with van der Waals surface area (Å²) in [5.41, 5.74) is 1.20. The Kier molecular flexibility index (Phi) is 4.91. The second kappa shape index (κ2) is 7.67. The quantitative estimate of drug-likeness (QED) is 0.489. The number of hydrogen-bond acceptors (Lipinski definition) is 4. The molecule has 1 aliphatic heterocycles. The number of carbonyl (C=O) groups is 2. The number of anilines is 1. The fourth-order valence-electron chi connectivity index (χ4n) is 3.27. The summed E-state index contributed by atoms with van der Waals surface area (Å²) in [5.74, 6) is -2.52. The number of nitrogens with zero attached hydrogens (tertiary/aromatic N) is 2. The first-order valence-electron chi connectivity index (χ1n) is 9.01. The molecule has 0 saturated heterocycles. The molecule has 1 atom stereocenters. The van der Waals surface area contributed by atoms with Crippen LogP contribution in [0.1, 0.15) is 15.9 Å². The molecule has 1 amide bonds. The van der Waals surface area contributed by atoms with Crippen molar-refractivity contribution >= 4 is 23.1 Å². The molecule has 0 spiro atoms. The van der Waals surface area contributed by atoms with Gasteiger partial charge in [-0.05, 0) is 36.4 Å². The first kappa shape index (κ1) is 18.6. The number of para-hydroxylation sites is 1. The zero-order chi connectivity index (χ0) is 20.4. The maximum Gasteiger partial charge on any atom is 0.264 e. The maximum atomic E-state index is 14.3. The topological polar surface area (TPSA) is 59.0 Å². The Hall–Kier alpha value is -3.80. The number of halogens is 1. The molecule has 3 aromatic rings. The van der Waals surface area contributed by atoms with E-state index in [4.69, 9.17) is 4.74 Å². The van der Waals surface area contributed by atoms with E-state index in [1.54, 1.807) is 54.6 Å². The van der Waals surface area contributed by atoms with Crippen LogP contribution in [-0.2, 0) is 4.79 Å². The Bertz CT molecular complexity index is 1110. The van der Waals surface area contributed by atoms with Gasteiger partial charge in [-0.15, -0.1) is 0 Å². The van der Waals surface area contributed by atoms with Crippen LogP contribution in [0.4, 0.5) is 10.1 Å². The van der Waals surface area contributed by atoms with E-state index in [0.717, 1.165) is 0 Å². The lowest BCUT2D eigenvalue weighted by molar-refractivity contribution is -0.118. The molecule has 0 saturated carbocycles. The van der Waals surface area contributed by atoms with Crippen molar-refractivity contribution in [3.8, 4) is 5.75 Å². The predicted octanol–water partition coefficient (Wildman–Crippen LogP) is 4.08. The summed E-state index contributed by atoms with van der Waals surface area (Å²) in [6, 6.07) is 21.4. The fourth-order valence-corrected chi connectivity index (χ4v) is 3.27. The second-order valence-electron chi connectivity index (χ2n) is 6.48. The Labute approximate surface area is 167 Å². The molecule has 0 radical (unpaired) electrons. The summed E-state index contributed by atoms with van der Waals surface area (Å²) in [4.78, 5) is 26.4. The first-order valence-corrected chi connectivity index (χ1v) is 9.01. The lowest BCUT2D eigenvalue weighted by atomic mass is 9.89. The van der Waals surface area contributed by atoms with Crippen LogP contribution in [0.3, 0.4) is 0 Å². The number of benzene rings is 3. The van der Waals surface area contributed by atoms with Gasteiger partial charge in [0.05, 0.1) is 24.1 Å². The Morgan fingerprint density at radius 3 is 2.45 bits per heavy atom. The summed E-state index contributed by atoms with van der Waals surface area (Å²) >= 11 is 0. The van der Waals surface area contributed by atoms with Crippen LogP contribution in [0.15, 0.2) is 84.0 Å². The van der Waals surface area contributed by atoms with Gasteiger partial charge in [0.1, 0.15) is 17.5 Å². The van der Waals surface area contributed by atoms with Crippen molar-refractivity contribution < 1.29 is 18.7 Å². The molecule has 5 nitrogen and oxygen atoms in total. The summed E-state index contributed by atoms with van der Waals surface area (Å²) in [6.07, 6.45) is 0. The molecule has 1 heterocycles. The van der Waals surface area contributed by atoms with Gasteiger partial charge in [-0.3, -0.25) is 9.59 Å². The van der Waals surface area contributed by atoms with Crippen molar-refractivity contribution in [2.45, 2.75) is 0 Å². The van der Waals surface area contributed by atoms with E-state index in [1.807, 2.05) is 6.07 Å². The van der Waals surface area contributed by atoms with Gasteiger partial charge in [0.2, 0.25) is 0 Å². The minimum Gasteiger partial charge on any atom is -0.497 e. The van der Waals surface area contributed by atoms with E-state index in [-0.39, 0.29) is 11.3 Å². The highest BCUT2D eigenvalue weighted by Gasteiger charge is 2.43. The molecule has 1 aliphatic rings. The number of rotatable bonds is 5. The van der Waals surface area contributed by atoms with E-state index in [2.05, 4.69) is 5.10 Å². The summed E-state index contributed by atoms with van der Waals surface area (Å²) in [7, 11) is 1.53. The standard InChI is InChI=1S/C23H17FN2O3/c1-29-17-11-7-8-15(14-17)21-20(22(27)18-12-5-6-13-19(18)24)23(28)26(25-21)16-9-3-2-4-10-16/h2-14,20H,1H3/t20-/m0/s1. The number of hydrogen-bond donors (Lipinski definition) is 0. The molecule has 144 valence electrons. The molecule has 29 heavy (non-hydrogen) atoms. The Morgan fingerprint density at radius 1 is 1.00 bits per heavy atom. The minimum absolute atomic E-state index is 0.142.